The standard InChI is InChI=1S/C6H11NO2.K/c1-4(2)7-3-5(7)6(8)9;/h4-5H,3H2,1-2H3,(H,8,9);/q;+1/p-1/t5?,7-;/m1./s1. The Balaban J connectivity index is 0.000000810. The van der Waals surface area contributed by atoms with E-state index in [4.69, 9.17) is 0 Å². The van der Waals surface area contributed by atoms with Crippen molar-refractivity contribution in [2.75, 3.05) is 6.54 Å². The van der Waals surface area contributed by atoms with E-state index in [1.165, 1.54) is 0 Å². The smallest absolute Gasteiger partial charge is 0.548 e. The van der Waals surface area contributed by atoms with E-state index in [9.17, 15) is 9.90 Å². The fourth-order valence-corrected chi connectivity index (χ4v) is 0.933. The third-order valence-corrected chi connectivity index (χ3v) is 1.59. The van der Waals surface area contributed by atoms with Gasteiger partial charge in [0.05, 0.1) is 12.0 Å². The number of carboxylic acid groups (broad SMARTS) is 1. The Kier molecular flexibility index (Phi) is 4.63. The molecule has 0 aromatic heterocycles. The first-order valence-corrected chi connectivity index (χ1v) is 3.09. The van der Waals surface area contributed by atoms with Crippen LogP contribution in [0.3, 0.4) is 0 Å². The second kappa shape index (κ2) is 4.18. The van der Waals surface area contributed by atoms with Gasteiger partial charge in [-0.1, -0.05) is 0 Å². The Morgan fingerprint density at radius 3 is 2.30 bits per heavy atom. The maximum atomic E-state index is 10.1. The minimum atomic E-state index is -0.941. The number of aliphatic carboxylic acids is 1. The predicted molar refractivity (Wildman–Crippen MR) is 30.6 cm³/mol. The average molecular weight is 167 g/mol. The fourth-order valence-electron chi connectivity index (χ4n) is 0.933. The third-order valence-electron chi connectivity index (χ3n) is 1.59. The topological polar surface area (TPSA) is 43.1 Å². The van der Waals surface area contributed by atoms with Gasteiger partial charge in [-0.25, -0.2) is 0 Å². The largest absolute Gasteiger partial charge is 1.00 e. The van der Waals surface area contributed by atoms with E-state index in [0.717, 1.165) is 0 Å². The molecule has 0 aromatic rings. The molecule has 4 heteroatoms. The molecule has 0 amide bonds. The number of carboxylic acids is 1. The van der Waals surface area contributed by atoms with Crippen LogP contribution in [0.15, 0.2) is 0 Å². The molecule has 0 bridgehead atoms. The van der Waals surface area contributed by atoms with Crippen molar-refractivity contribution in [1.82, 2.24) is 4.90 Å². The summed E-state index contributed by atoms with van der Waals surface area (Å²) in [5, 5.41) is 10.1. The molecule has 0 saturated carbocycles. The Bertz CT molecular complexity index is 138. The first kappa shape index (κ1) is 11.1. The van der Waals surface area contributed by atoms with Crippen LogP contribution in [0.1, 0.15) is 13.8 Å². The molecule has 1 rings (SSSR count). The first-order valence-electron chi connectivity index (χ1n) is 3.09. The summed E-state index contributed by atoms with van der Waals surface area (Å²) in [6.07, 6.45) is 0. The molecule has 0 aliphatic carbocycles. The number of rotatable bonds is 2. The van der Waals surface area contributed by atoms with E-state index < -0.39 is 5.97 Å². The molecule has 1 heterocycles. The van der Waals surface area contributed by atoms with Crippen molar-refractivity contribution in [3.63, 3.8) is 0 Å². The molecule has 0 radical (unpaired) electrons. The minimum Gasteiger partial charge on any atom is -0.548 e. The van der Waals surface area contributed by atoms with E-state index in [1.807, 2.05) is 18.7 Å². The molecule has 2 atom stereocenters. The zero-order chi connectivity index (χ0) is 7.02. The molecule has 3 nitrogen and oxygen atoms in total. The number of hydrogen-bond donors (Lipinski definition) is 0. The SMILES string of the molecule is CC(C)[N@@]1CC1C(=O)[O-].[K+]. The Labute approximate surface area is 103 Å². The molecule has 1 unspecified atom stereocenters. The van der Waals surface area contributed by atoms with Gasteiger partial charge in [0.15, 0.2) is 0 Å². The molecule has 52 valence electrons. The van der Waals surface area contributed by atoms with E-state index >= 15 is 0 Å². The van der Waals surface area contributed by atoms with Crippen LogP contribution in [0.5, 0.6) is 0 Å². The Hall–Kier alpha value is 1.07. The molecule has 0 spiro atoms. The van der Waals surface area contributed by atoms with Gasteiger partial charge >= 0.3 is 51.4 Å². The van der Waals surface area contributed by atoms with Gasteiger partial charge in [0.2, 0.25) is 0 Å². The predicted octanol–water partition coefficient (Wildman–Crippen LogP) is -4.17. The number of nitrogens with zero attached hydrogens (tertiary/aromatic N) is 1. The van der Waals surface area contributed by atoms with Crippen molar-refractivity contribution < 1.29 is 61.3 Å². The summed E-state index contributed by atoms with van der Waals surface area (Å²) in [6.45, 7) is 4.62. The average Bonchev–Trinajstić information content (AvgIpc) is 2.39. The van der Waals surface area contributed by atoms with Gasteiger partial charge in [0.25, 0.3) is 0 Å². The van der Waals surface area contributed by atoms with Crippen molar-refractivity contribution in [2.24, 2.45) is 0 Å². The number of carbonyl (C=O) groups excluding carboxylic acids is 1. The maximum Gasteiger partial charge on any atom is 1.00 e. The van der Waals surface area contributed by atoms with Crippen LogP contribution in [0, 0.1) is 0 Å². The van der Waals surface area contributed by atoms with Crippen LogP contribution in [0.2, 0.25) is 0 Å². The van der Waals surface area contributed by atoms with Gasteiger partial charge in [0, 0.05) is 12.6 Å². The van der Waals surface area contributed by atoms with Crippen molar-refractivity contribution in [3.8, 4) is 0 Å². The van der Waals surface area contributed by atoms with Crippen LogP contribution in [0.25, 0.3) is 0 Å². The second-order valence-electron chi connectivity index (χ2n) is 2.63. The second-order valence-corrected chi connectivity index (χ2v) is 2.63. The molecule has 10 heavy (non-hydrogen) atoms. The van der Waals surface area contributed by atoms with Crippen LogP contribution in [-0.2, 0) is 4.79 Å². The fraction of sp³-hybridized carbons (Fsp3) is 0.833. The van der Waals surface area contributed by atoms with Crippen LogP contribution < -0.4 is 56.5 Å². The van der Waals surface area contributed by atoms with Crippen molar-refractivity contribution in [1.29, 1.82) is 0 Å². The Morgan fingerprint density at radius 1 is 1.70 bits per heavy atom. The van der Waals surface area contributed by atoms with Crippen molar-refractivity contribution >= 4 is 5.97 Å². The zero-order valence-electron chi connectivity index (χ0n) is 6.63. The molecule has 1 aliphatic rings. The molecule has 0 N–H and O–H groups in total. The van der Waals surface area contributed by atoms with E-state index in [2.05, 4.69) is 0 Å². The van der Waals surface area contributed by atoms with Gasteiger partial charge in [-0.15, -0.1) is 0 Å². The Morgan fingerprint density at radius 2 is 2.20 bits per heavy atom. The molecule has 1 aliphatic heterocycles. The first-order chi connectivity index (χ1) is 4.13. The van der Waals surface area contributed by atoms with Gasteiger partial charge in [-0.2, -0.15) is 0 Å². The summed E-state index contributed by atoms with van der Waals surface area (Å²) in [4.78, 5) is 12.0. The van der Waals surface area contributed by atoms with Gasteiger partial charge in [0.1, 0.15) is 0 Å². The normalized spacial score (nSPS) is 29.5. The quantitative estimate of drug-likeness (QED) is 0.310. The van der Waals surface area contributed by atoms with E-state index in [-0.39, 0.29) is 57.4 Å². The van der Waals surface area contributed by atoms with Crippen LogP contribution in [0.4, 0.5) is 0 Å². The minimum absolute atomic E-state index is 0. The van der Waals surface area contributed by atoms with Gasteiger partial charge in [-0.3, -0.25) is 4.90 Å². The molecular formula is C6H10KNO2. The molecule has 1 fully saturated rings. The molecular weight excluding hydrogens is 157 g/mol. The van der Waals surface area contributed by atoms with Crippen molar-refractivity contribution in [3.05, 3.63) is 0 Å². The van der Waals surface area contributed by atoms with Crippen LogP contribution >= 0.6 is 0 Å². The summed E-state index contributed by atoms with van der Waals surface area (Å²) < 4.78 is 0. The zero-order valence-corrected chi connectivity index (χ0v) is 9.75. The summed E-state index contributed by atoms with van der Waals surface area (Å²) in [6, 6.07) is 0.0397. The van der Waals surface area contributed by atoms with E-state index in [0.29, 0.717) is 12.6 Å². The molecule has 1 saturated heterocycles. The van der Waals surface area contributed by atoms with Crippen molar-refractivity contribution in [2.45, 2.75) is 25.9 Å². The number of carbonyl (C=O) groups is 1. The van der Waals surface area contributed by atoms with E-state index in [1.54, 1.807) is 0 Å². The molecule has 0 aromatic carbocycles. The van der Waals surface area contributed by atoms with Crippen LogP contribution in [-0.4, -0.2) is 29.5 Å². The summed E-state index contributed by atoms with van der Waals surface area (Å²) >= 11 is 0. The van der Waals surface area contributed by atoms with Gasteiger partial charge < -0.3 is 9.90 Å². The third kappa shape index (κ3) is 2.60. The summed E-state index contributed by atoms with van der Waals surface area (Å²) in [7, 11) is 0. The number of hydrogen-bond acceptors (Lipinski definition) is 3. The maximum absolute atomic E-state index is 10.1. The van der Waals surface area contributed by atoms with Gasteiger partial charge in [-0.05, 0) is 13.8 Å². The monoisotopic (exact) mass is 167 g/mol. The summed E-state index contributed by atoms with van der Waals surface area (Å²) in [5.41, 5.74) is 0. The summed E-state index contributed by atoms with van der Waals surface area (Å²) in [5.74, 6) is -0.941.